The zero-order valence-corrected chi connectivity index (χ0v) is 26.1. The highest BCUT2D eigenvalue weighted by atomic mass is 35.5. The number of aliphatic hydroxyl groups excluding tert-OH is 1. The number of anilines is 2. The Morgan fingerprint density at radius 1 is 1.11 bits per heavy atom. The Bertz CT molecular complexity index is 1640. The third-order valence-corrected chi connectivity index (χ3v) is 8.95. The van der Waals surface area contributed by atoms with Crippen molar-refractivity contribution in [1.29, 1.82) is 0 Å². The van der Waals surface area contributed by atoms with E-state index in [1.54, 1.807) is 6.92 Å². The molecule has 45 heavy (non-hydrogen) atoms. The standard InChI is InChI=1S/C30H32ClF3N4O6S/c1-18-15-38(19(2)17-39)28(40)25-14-23(36-45(42,43)24-11-6-21(31)7-12-24)10-13-26(25)44-27(18)16-37(3)29(41)35-22-8-4-20(5-9-22)30(32,33)34/h4-14,18-19,27,36,39H,15-17H2,1-3H3,(H,35,41)/t18-,19-,27+/m0/s1. The number of halogens is 4. The molecule has 3 N–H and O–H groups in total. The van der Waals surface area contributed by atoms with Gasteiger partial charge in [-0.2, -0.15) is 13.2 Å². The molecule has 242 valence electrons. The Labute approximate surface area is 263 Å². The number of hydrogen-bond acceptors (Lipinski definition) is 6. The first kappa shape index (κ1) is 33.9. The third kappa shape index (κ3) is 8.18. The fraction of sp³-hybridized carbons (Fsp3) is 0.333. The van der Waals surface area contributed by atoms with E-state index in [0.29, 0.717) is 5.02 Å². The summed E-state index contributed by atoms with van der Waals surface area (Å²) in [7, 11) is -2.54. The molecule has 0 bridgehead atoms. The van der Waals surface area contributed by atoms with Gasteiger partial charge in [0.05, 0.1) is 35.2 Å². The quantitative estimate of drug-likeness (QED) is 0.289. The van der Waals surface area contributed by atoms with E-state index in [4.69, 9.17) is 16.3 Å². The maximum Gasteiger partial charge on any atom is 0.416 e. The molecule has 1 heterocycles. The van der Waals surface area contributed by atoms with Crippen molar-refractivity contribution in [3.05, 3.63) is 82.9 Å². The lowest BCUT2D eigenvalue weighted by Crippen LogP contribution is -2.50. The molecule has 1 aliphatic rings. The summed E-state index contributed by atoms with van der Waals surface area (Å²) in [6.45, 7) is 3.31. The number of nitrogens with zero attached hydrogens (tertiary/aromatic N) is 2. The summed E-state index contributed by atoms with van der Waals surface area (Å²) in [6.07, 6.45) is -5.18. The van der Waals surface area contributed by atoms with Gasteiger partial charge in [0.1, 0.15) is 11.9 Å². The van der Waals surface area contributed by atoms with Gasteiger partial charge < -0.3 is 25.0 Å². The van der Waals surface area contributed by atoms with Crippen LogP contribution in [0.4, 0.5) is 29.3 Å². The summed E-state index contributed by atoms with van der Waals surface area (Å²) in [5.74, 6) is -0.698. The first-order valence-electron chi connectivity index (χ1n) is 13.8. The van der Waals surface area contributed by atoms with E-state index in [1.807, 2.05) is 6.92 Å². The van der Waals surface area contributed by atoms with E-state index >= 15 is 0 Å². The molecular weight excluding hydrogens is 637 g/mol. The number of hydrogen-bond donors (Lipinski definition) is 3. The topological polar surface area (TPSA) is 128 Å². The number of likely N-dealkylation sites (N-methyl/N-ethyl adjacent to an activating group) is 1. The van der Waals surface area contributed by atoms with Crippen LogP contribution in [0.3, 0.4) is 0 Å². The van der Waals surface area contributed by atoms with Crippen LogP contribution < -0.4 is 14.8 Å². The van der Waals surface area contributed by atoms with Crippen molar-refractivity contribution in [2.24, 2.45) is 5.92 Å². The highest BCUT2D eigenvalue weighted by Crippen LogP contribution is 2.32. The molecule has 1 aliphatic heterocycles. The van der Waals surface area contributed by atoms with Crippen molar-refractivity contribution in [2.75, 3.05) is 36.8 Å². The summed E-state index contributed by atoms with van der Waals surface area (Å²) in [5, 5.41) is 12.8. The van der Waals surface area contributed by atoms with E-state index in [9.17, 15) is 36.3 Å². The third-order valence-electron chi connectivity index (χ3n) is 7.30. The average molecular weight is 669 g/mol. The number of benzene rings is 3. The lowest BCUT2D eigenvalue weighted by atomic mass is 9.99. The van der Waals surface area contributed by atoms with Crippen molar-refractivity contribution >= 4 is 44.9 Å². The number of urea groups is 1. The molecule has 0 aliphatic carbocycles. The lowest BCUT2D eigenvalue weighted by molar-refractivity contribution is -0.137. The Balaban J connectivity index is 1.57. The van der Waals surface area contributed by atoms with Gasteiger partial charge in [-0.1, -0.05) is 18.5 Å². The van der Waals surface area contributed by atoms with Crippen LogP contribution >= 0.6 is 11.6 Å². The number of aliphatic hydroxyl groups is 1. The highest BCUT2D eigenvalue weighted by Gasteiger charge is 2.35. The van der Waals surface area contributed by atoms with Gasteiger partial charge in [0.2, 0.25) is 0 Å². The molecule has 0 unspecified atom stereocenters. The molecular formula is C30H32ClF3N4O6S. The molecule has 0 fully saturated rings. The highest BCUT2D eigenvalue weighted by molar-refractivity contribution is 7.92. The molecule has 0 aromatic heterocycles. The minimum atomic E-state index is -4.51. The number of ether oxygens (including phenoxy) is 1. The second-order valence-electron chi connectivity index (χ2n) is 10.8. The van der Waals surface area contributed by atoms with Crippen molar-refractivity contribution in [1.82, 2.24) is 9.80 Å². The van der Waals surface area contributed by atoms with Gasteiger partial charge in [-0.15, -0.1) is 0 Å². The van der Waals surface area contributed by atoms with Crippen molar-refractivity contribution in [3.8, 4) is 5.75 Å². The largest absolute Gasteiger partial charge is 0.487 e. The van der Waals surface area contributed by atoms with Gasteiger partial charge in [0.25, 0.3) is 15.9 Å². The average Bonchev–Trinajstić information content (AvgIpc) is 2.98. The maximum atomic E-state index is 13.7. The lowest BCUT2D eigenvalue weighted by Gasteiger charge is -2.38. The van der Waals surface area contributed by atoms with Crippen LogP contribution in [-0.4, -0.2) is 74.2 Å². The Morgan fingerprint density at radius 3 is 2.33 bits per heavy atom. The molecule has 3 amide bonds. The SMILES string of the molecule is C[C@H]1CN([C@@H](C)CO)C(=O)c2cc(NS(=O)(=O)c3ccc(Cl)cc3)ccc2O[C@@H]1CN(C)C(=O)Nc1ccc(C(F)(F)F)cc1. The van der Waals surface area contributed by atoms with E-state index in [0.717, 1.165) is 24.3 Å². The minimum Gasteiger partial charge on any atom is -0.487 e. The molecule has 3 aromatic rings. The summed E-state index contributed by atoms with van der Waals surface area (Å²) in [4.78, 5) is 29.3. The van der Waals surface area contributed by atoms with E-state index in [2.05, 4.69) is 10.0 Å². The van der Waals surface area contributed by atoms with Crippen LogP contribution in [0.2, 0.25) is 5.02 Å². The van der Waals surface area contributed by atoms with Crippen LogP contribution in [0.1, 0.15) is 29.8 Å². The first-order chi connectivity index (χ1) is 21.1. The van der Waals surface area contributed by atoms with Crippen LogP contribution in [0, 0.1) is 5.92 Å². The second kappa shape index (κ2) is 13.5. The zero-order chi connectivity index (χ0) is 33.1. The molecule has 0 saturated heterocycles. The number of rotatable bonds is 8. The van der Waals surface area contributed by atoms with Gasteiger partial charge in [-0.05, 0) is 73.7 Å². The zero-order valence-electron chi connectivity index (χ0n) is 24.5. The molecule has 10 nitrogen and oxygen atoms in total. The molecule has 15 heteroatoms. The Hall–Kier alpha value is -4.01. The number of sulfonamides is 1. The molecule has 0 spiro atoms. The Morgan fingerprint density at radius 2 is 1.73 bits per heavy atom. The Kier molecular flexibility index (Phi) is 10.2. The molecule has 0 saturated carbocycles. The van der Waals surface area contributed by atoms with Crippen LogP contribution in [-0.2, 0) is 16.2 Å². The van der Waals surface area contributed by atoms with Crippen molar-refractivity contribution in [3.63, 3.8) is 0 Å². The number of nitrogens with one attached hydrogen (secondary N) is 2. The fourth-order valence-corrected chi connectivity index (χ4v) is 5.82. The van der Waals surface area contributed by atoms with Gasteiger partial charge in [0, 0.05) is 35.9 Å². The van der Waals surface area contributed by atoms with Crippen LogP contribution in [0.15, 0.2) is 71.6 Å². The summed E-state index contributed by atoms with van der Waals surface area (Å²) in [5.41, 5.74) is -0.545. The first-order valence-corrected chi connectivity index (χ1v) is 15.7. The van der Waals surface area contributed by atoms with Gasteiger partial charge >= 0.3 is 12.2 Å². The van der Waals surface area contributed by atoms with E-state index in [1.165, 1.54) is 59.3 Å². The smallest absolute Gasteiger partial charge is 0.416 e. The molecule has 3 aromatic carbocycles. The van der Waals surface area contributed by atoms with Crippen LogP contribution in [0.5, 0.6) is 5.75 Å². The molecule has 4 rings (SSSR count). The predicted octanol–water partition coefficient (Wildman–Crippen LogP) is 5.54. The van der Waals surface area contributed by atoms with E-state index in [-0.39, 0.29) is 53.2 Å². The van der Waals surface area contributed by atoms with Crippen LogP contribution in [0.25, 0.3) is 0 Å². The number of alkyl halides is 3. The van der Waals surface area contributed by atoms with Gasteiger partial charge in [-0.25, -0.2) is 13.2 Å². The number of fused-ring (bicyclic) bond motifs is 1. The monoisotopic (exact) mass is 668 g/mol. The van der Waals surface area contributed by atoms with Crippen molar-refractivity contribution in [2.45, 2.75) is 37.1 Å². The van der Waals surface area contributed by atoms with E-state index < -0.39 is 45.8 Å². The summed E-state index contributed by atoms with van der Waals surface area (Å²) < 4.78 is 73.3. The summed E-state index contributed by atoms with van der Waals surface area (Å²) in [6, 6.07) is 12.6. The van der Waals surface area contributed by atoms with Gasteiger partial charge in [-0.3, -0.25) is 9.52 Å². The minimum absolute atomic E-state index is 0.0214. The second-order valence-corrected chi connectivity index (χ2v) is 12.9. The number of amides is 3. The summed E-state index contributed by atoms with van der Waals surface area (Å²) >= 11 is 5.87. The number of carbonyl (C=O) groups excluding carboxylic acids is 2. The predicted molar refractivity (Wildman–Crippen MR) is 163 cm³/mol. The van der Waals surface area contributed by atoms with Crippen molar-refractivity contribution < 1.29 is 41.0 Å². The number of carbonyl (C=O) groups is 2. The normalized spacial score (nSPS) is 17.8. The molecule has 3 atom stereocenters. The van der Waals surface area contributed by atoms with Gasteiger partial charge in [0.15, 0.2) is 0 Å². The fourth-order valence-electron chi connectivity index (χ4n) is 4.65. The maximum absolute atomic E-state index is 13.7. The molecule has 0 radical (unpaired) electrons.